The lowest BCUT2D eigenvalue weighted by Gasteiger charge is -2.38. The van der Waals surface area contributed by atoms with E-state index in [0.29, 0.717) is 54.2 Å². The van der Waals surface area contributed by atoms with Gasteiger partial charge in [-0.1, -0.05) is 0 Å². The standard InChI is InChI=1S/C26H27F2N7O2/c1-16-14-36-13-11-33(16)25-22-21(18-6-9-30-34(18)15-26(22,27)28)17-5-8-29-24(23(17)32-25)19-7-10-31-35(19)20-4-2-3-12-37-20/h5-10,16,20H,2-4,11-15H2,1H3/t16-,20?/m1/s1. The van der Waals surface area contributed by atoms with E-state index in [9.17, 15) is 0 Å². The van der Waals surface area contributed by atoms with Gasteiger partial charge in [0.2, 0.25) is 0 Å². The van der Waals surface area contributed by atoms with Gasteiger partial charge in [-0.05, 0) is 44.4 Å². The van der Waals surface area contributed by atoms with Crippen LogP contribution in [0, 0.1) is 0 Å². The van der Waals surface area contributed by atoms with Gasteiger partial charge in [-0.2, -0.15) is 19.0 Å². The molecule has 0 bridgehead atoms. The van der Waals surface area contributed by atoms with E-state index < -0.39 is 12.5 Å². The Morgan fingerprint density at radius 1 is 1.03 bits per heavy atom. The molecule has 0 spiro atoms. The van der Waals surface area contributed by atoms with Crippen LogP contribution in [0.5, 0.6) is 0 Å². The number of hydrogen-bond donors (Lipinski definition) is 0. The first-order valence-corrected chi connectivity index (χ1v) is 12.8. The number of pyridine rings is 2. The molecule has 2 atom stereocenters. The smallest absolute Gasteiger partial charge is 0.296 e. The van der Waals surface area contributed by atoms with E-state index in [2.05, 4.69) is 10.2 Å². The van der Waals surface area contributed by atoms with Crippen LogP contribution in [-0.4, -0.2) is 61.9 Å². The predicted octanol–water partition coefficient (Wildman–Crippen LogP) is 4.39. The van der Waals surface area contributed by atoms with Crippen LogP contribution in [-0.2, 0) is 21.9 Å². The fourth-order valence-electron chi connectivity index (χ4n) is 5.81. The maximum Gasteiger partial charge on any atom is 0.296 e. The summed E-state index contributed by atoms with van der Waals surface area (Å²) >= 11 is 0. The van der Waals surface area contributed by atoms with Crippen molar-refractivity contribution in [1.29, 1.82) is 0 Å². The van der Waals surface area contributed by atoms with E-state index in [1.807, 2.05) is 22.6 Å². The molecule has 0 amide bonds. The minimum Gasteiger partial charge on any atom is -0.377 e. The van der Waals surface area contributed by atoms with Crippen LogP contribution >= 0.6 is 0 Å². The Balaban J connectivity index is 1.52. The maximum absolute atomic E-state index is 15.9. The molecule has 11 heteroatoms. The zero-order chi connectivity index (χ0) is 25.1. The third kappa shape index (κ3) is 3.55. The summed E-state index contributed by atoms with van der Waals surface area (Å²) in [4.78, 5) is 11.6. The second kappa shape index (κ2) is 8.56. The van der Waals surface area contributed by atoms with Crippen molar-refractivity contribution < 1.29 is 18.3 Å². The molecule has 4 aromatic rings. The van der Waals surface area contributed by atoms with Crippen LogP contribution < -0.4 is 4.90 Å². The third-order valence-corrected chi connectivity index (χ3v) is 7.55. The van der Waals surface area contributed by atoms with Crippen molar-refractivity contribution >= 4 is 16.7 Å². The Labute approximate surface area is 212 Å². The molecule has 9 nitrogen and oxygen atoms in total. The zero-order valence-electron chi connectivity index (χ0n) is 20.5. The summed E-state index contributed by atoms with van der Waals surface area (Å²) in [5.41, 5.74) is 2.95. The first-order chi connectivity index (χ1) is 18.0. The molecule has 0 N–H and O–H groups in total. The highest BCUT2D eigenvalue weighted by Crippen LogP contribution is 2.50. The summed E-state index contributed by atoms with van der Waals surface area (Å²) in [6.07, 6.45) is 7.68. The summed E-state index contributed by atoms with van der Waals surface area (Å²) in [5.74, 6) is -2.87. The molecule has 0 radical (unpaired) electrons. The average Bonchev–Trinajstić information content (AvgIpc) is 3.58. The first kappa shape index (κ1) is 22.7. The first-order valence-electron chi connectivity index (χ1n) is 12.8. The molecule has 7 heterocycles. The van der Waals surface area contributed by atoms with Gasteiger partial charge in [-0.25, -0.2) is 9.67 Å². The number of ether oxygens (including phenoxy) is 2. The topological polar surface area (TPSA) is 83.1 Å². The van der Waals surface area contributed by atoms with Crippen LogP contribution in [0.2, 0.25) is 0 Å². The van der Waals surface area contributed by atoms with E-state index in [1.165, 1.54) is 4.68 Å². The number of halogens is 2. The van der Waals surface area contributed by atoms with Gasteiger partial charge in [0.1, 0.15) is 23.6 Å². The number of rotatable bonds is 3. The van der Waals surface area contributed by atoms with Crippen LogP contribution in [0.1, 0.15) is 38.0 Å². The van der Waals surface area contributed by atoms with Gasteiger partial charge < -0.3 is 14.4 Å². The average molecular weight is 508 g/mol. The molecule has 192 valence electrons. The highest BCUT2D eigenvalue weighted by atomic mass is 19.3. The third-order valence-electron chi connectivity index (χ3n) is 7.55. The number of nitrogens with zero attached hydrogens (tertiary/aromatic N) is 7. The monoisotopic (exact) mass is 507 g/mol. The summed E-state index contributed by atoms with van der Waals surface area (Å²) in [6.45, 7) is 3.51. The Morgan fingerprint density at radius 3 is 2.73 bits per heavy atom. The largest absolute Gasteiger partial charge is 0.377 e. The SMILES string of the molecule is C[C@@H]1COCCN1c1nc2c(-c3ccnn3C3CCCCO3)nccc2c2c1C(F)(F)Cn1nccc1-2. The summed E-state index contributed by atoms with van der Waals surface area (Å²) in [7, 11) is 0. The lowest BCUT2D eigenvalue weighted by atomic mass is 9.91. The van der Waals surface area contributed by atoms with Crippen LogP contribution in [0.25, 0.3) is 33.5 Å². The Bertz CT molecular complexity index is 1480. The van der Waals surface area contributed by atoms with Gasteiger partial charge in [0, 0.05) is 42.7 Å². The number of morpholine rings is 1. The fourth-order valence-corrected chi connectivity index (χ4v) is 5.81. The molecular weight excluding hydrogens is 480 g/mol. The normalized spacial score (nSPS) is 23.2. The van der Waals surface area contributed by atoms with Gasteiger partial charge in [0.25, 0.3) is 5.92 Å². The highest BCUT2D eigenvalue weighted by Gasteiger charge is 2.46. The van der Waals surface area contributed by atoms with E-state index in [-0.39, 0.29) is 23.7 Å². The molecule has 2 saturated heterocycles. The number of fused-ring (bicyclic) bond motifs is 5. The molecule has 7 rings (SSSR count). The molecular formula is C26H27F2N7O2. The molecule has 37 heavy (non-hydrogen) atoms. The Kier molecular flexibility index (Phi) is 5.26. The molecule has 3 aliphatic heterocycles. The van der Waals surface area contributed by atoms with Crippen LogP contribution in [0.15, 0.2) is 36.8 Å². The summed E-state index contributed by atoms with van der Waals surface area (Å²) in [5, 5.41) is 9.36. The molecule has 0 saturated carbocycles. The minimum absolute atomic E-state index is 0.0528. The molecule has 0 aliphatic carbocycles. The minimum atomic E-state index is -3.15. The Morgan fingerprint density at radius 2 is 1.89 bits per heavy atom. The van der Waals surface area contributed by atoms with Crippen molar-refractivity contribution in [3.05, 3.63) is 42.4 Å². The van der Waals surface area contributed by atoms with Gasteiger partial charge in [0.15, 0.2) is 6.23 Å². The second-order valence-corrected chi connectivity index (χ2v) is 9.92. The van der Waals surface area contributed by atoms with Crippen molar-refractivity contribution in [2.75, 3.05) is 31.3 Å². The van der Waals surface area contributed by atoms with Gasteiger partial charge in [-0.15, -0.1) is 0 Å². The van der Waals surface area contributed by atoms with E-state index in [1.54, 1.807) is 30.7 Å². The van der Waals surface area contributed by atoms with Crippen LogP contribution in [0.3, 0.4) is 0 Å². The quantitative estimate of drug-likeness (QED) is 0.407. The second-order valence-electron chi connectivity index (χ2n) is 9.92. The van der Waals surface area contributed by atoms with E-state index in [4.69, 9.17) is 19.4 Å². The molecule has 4 aromatic heterocycles. The maximum atomic E-state index is 15.9. The van der Waals surface area contributed by atoms with Crippen molar-refractivity contribution in [2.24, 2.45) is 0 Å². The van der Waals surface area contributed by atoms with Gasteiger partial charge in [-0.3, -0.25) is 9.67 Å². The molecule has 2 fully saturated rings. The van der Waals surface area contributed by atoms with Crippen LogP contribution in [0.4, 0.5) is 14.6 Å². The summed E-state index contributed by atoms with van der Waals surface area (Å²) in [6, 6.07) is 5.34. The lowest BCUT2D eigenvalue weighted by Crippen LogP contribution is -2.45. The number of alkyl halides is 2. The number of hydrogen-bond acceptors (Lipinski definition) is 7. The van der Waals surface area contributed by atoms with Crippen molar-refractivity contribution in [2.45, 2.75) is 50.9 Å². The van der Waals surface area contributed by atoms with Gasteiger partial charge >= 0.3 is 0 Å². The highest BCUT2D eigenvalue weighted by molar-refractivity contribution is 6.03. The number of aromatic nitrogens is 6. The molecule has 3 aliphatic rings. The lowest BCUT2D eigenvalue weighted by molar-refractivity contribution is -0.0383. The fraction of sp³-hybridized carbons (Fsp3) is 0.462. The van der Waals surface area contributed by atoms with Gasteiger partial charge in [0.05, 0.1) is 36.2 Å². The predicted molar refractivity (Wildman–Crippen MR) is 132 cm³/mol. The number of anilines is 1. The van der Waals surface area contributed by atoms with E-state index in [0.717, 1.165) is 25.0 Å². The van der Waals surface area contributed by atoms with Crippen molar-refractivity contribution in [3.63, 3.8) is 0 Å². The summed E-state index contributed by atoms with van der Waals surface area (Å²) < 4.78 is 46.6. The molecule has 0 aromatic carbocycles. The van der Waals surface area contributed by atoms with E-state index >= 15 is 8.78 Å². The zero-order valence-corrected chi connectivity index (χ0v) is 20.5. The van der Waals surface area contributed by atoms with Crippen molar-refractivity contribution in [1.82, 2.24) is 29.5 Å². The molecule has 1 unspecified atom stereocenters. The van der Waals surface area contributed by atoms with Crippen molar-refractivity contribution in [3.8, 4) is 22.6 Å². The Hall–Kier alpha value is -3.44.